The molecule has 0 fully saturated rings. The highest BCUT2D eigenvalue weighted by atomic mass is 35.5. The lowest BCUT2D eigenvalue weighted by Crippen LogP contribution is -2.13. The van der Waals surface area contributed by atoms with Crippen molar-refractivity contribution in [2.75, 3.05) is 13.1 Å². The Labute approximate surface area is 113 Å². The van der Waals surface area contributed by atoms with Gasteiger partial charge in [0.05, 0.1) is 10.5 Å². The molecule has 1 heterocycles. The number of nitrogens with zero attached hydrogens (tertiary/aromatic N) is 1. The minimum atomic E-state index is 0.749. The number of rotatable bonds is 5. The van der Waals surface area contributed by atoms with Gasteiger partial charge in [0.1, 0.15) is 0 Å². The van der Waals surface area contributed by atoms with Crippen molar-refractivity contribution in [3.63, 3.8) is 0 Å². The Morgan fingerprint density at radius 1 is 1.33 bits per heavy atom. The van der Waals surface area contributed by atoms with Crippen LogP contribution < -0.4 is 5.32 Å². The third-order valence-corrected chi connectivity index (χ3v) is 3.06. The molecule has 0 saturated carbocycles. The molecule has 2 nitrogen and oxygen atoms in total. The van der Waals surface area contributed by atoms with E-state index in [9.17, 15) is 0 Å². The van der Waals surface area contributed by atoms with Gasteiger partial charge in [0.15, 0.2) is 0 Å². The van der Waals surface area contributed by atoms with Gasteiger partial charge in [-0.05, 0) is 31.2 Å². The molecule has 0 bridgehead atoms. The third-order valence-electron chi connectivity index (χ3n) is 2.73. The number of fused-ring (bicyclic) bond motifs is 1. The fourth-order valence-electron chi connectivity index (χ4n) is 1.84. The number of nitrogens with one attached hydrogen (secondary N) is 1. The van der Waals surface area contributed by atoms with Gasteiger partial charge in [-0.3, -0.25) is 4.98 Å². The van der Waals surface area contributed by atoms with Crippen molar-refractivity contribution in [2.45, 2.75) is 13.3 Å². The summed E-state index contributed by atoms with van der Waals surface area (Å²) in [5, 5.41) is 5.08. The van der Waals surface area contributed by atoms with Gasteiger partial charge in [0.2, 0.25) is 0 Å². The summed E-state index contributed by atoms with van der Waals surface area (Å²) < 4.78 is 0. The zero-order valence-corrected chi connectivity index (χ0v) is 11.2. The van der Waals surface area contributed by atoms with Gasteiger partial charge < -0.3 is 5.32 Å². The van der Waals surface area contributed by atoms with Crippen LogP contribution in [0.3, 0.4) is 0 Å². The van der Waals surface area contributed by atoms with Gasteiger partial charge in [-0.25, -0.2) is 0 Å². The minimum Gasteiger partial charge on any atom is -0.313 e. The molecule has 0 spiro atoms. The minimum absolute atomic E-state index is 0.749. The largest absolute Gasteiger partial charge is 0.313 e. The quantitative estimate of drug-likeness (QED) is 0.825. The Hall–Kier alpha value is -1.38. The van der Waals surface area contributed by atoms with E-state index in [0.717, 1.165) is 41.0 Å². The first kappa shape index (κ1) is 13.1. The van der Waals surface area contributed by atoms with Crippen molar-refractivity contribution in [1.29, 1.82) is 0 Å². The molecule has 0 saturated heterocycles. The first-order valence-corrected chi connectivity index (χ1v) is 6.61. The lowest BCUT2D eigenvalue weighted by molar-refractivity contribution is 0.730. The van der Waals surface area contributed by atoms with Crippen LogP contribution in [0.4, 0.5) is 0 Å². The van der Waals surface area contributed by atoms with Crippen LogP contribution in [0, 0.1) is 0 Å². The van der Waals surface area contributed by atoms with Crippen LogP contribution in [0.5, 0.6) is 0 Å². The Morgan fingerprint density at radius 3 is 3.06 bits per heavy atom. The SMILES string of the molecule is CCCNC/C=C/c1ccc(Cl)c2cccnc12. The summed E-state index contributed by atoms with van der Waals surface area (Å²) in [7, 11) is 0. The predicted octanol–water partition coefficient (Wildman–Crippen LogP) is 3.90. The van der Waals surface area contributed by atoms with Crippen molar-refractivity contribution in [3.8, 4) is 0 Å². The molecule has 0 aliphatic rings. The lowest BCUT2D eigenvalue weighted by atomic mass is 10.1. The molecule has 0 atom stereocenters. The van der Waals surface area contributed by atoms with E-state index in [0.29, 0.717) is 0 Å². The molecule has 0 aliphatic heterocycles. The molecule has 1 aromatic heterocycles. The van der Waals surface area contributed by atoms with E-state index in [1.54, 1.807) is 6.20 Å². The van der Waals surface area contributed by atoms with Gasteiger partial charge in [0.25, 0.3) is 0 Å². The number of hydrogen-bond donors (Lipinski definition) is 1. The van der Waals surface area contributed by atoms with E-state index in [1.165, 1.54) is 0 Å². The molecule has 0 unspecified atom stereocenters. The van der Waals surface area contributed by atoms with E-state index >= 15 is 0 Å². The first-order valence-electron chi connectivity index (χ1n) is 6.23. The number of halogens is 1. The van der Waals surface area contributed by atoms with Crippen molar-refractivity contribution < 1.29 is 0 Å². The van der Waals surface area contributed by atoms with E-state index in [2.05, 4.69) is 29.4 Å². The Kier molecular flexibility index (Phi) is 4.73. The predicted molar refractivity (Wildman–Crippen MR) is 78.9 cm³/mol. The third kappa shape index (κ3) is 3.09. The van der Waals surface area contributed by atoms with Crippen LogP contribution in [-0.4, -0.2) is 18.1 Å². The number of benzene rings is 1. The molecule has 0 aliphatic carbocycles. The monoisotopic (exact) mass is 260 g/mol. The zero-order chi connectivity index (χ0) is 12.8. The highest BCUT2D eigenvalue weighted by Gasteiger charge is 2.02. The average Bonchev–Trinajstić information content (AvgIpc) is 2.41. The van der Waals surface area contributed by atoms with Gasteiger partial charge in [-0.1, -0.05) is 36.7 Å². The summed E-state index contributed by atoms with van der Waals surface area (Å²) in [6.07, 6.45) is 7.16. The van der Waals surface area contributed by atoms with Gasteiger partial charge in [-0.15, -0.1) is 0 Å². The van der Waals surface area contributed by atoms with Gasteiger partial charge in [-0.2, -0.15) is 0 Å². The standard InChI is InChI=1S/C15H17ClN2/c1-2-9-17-10-3-5-12-7-8-14(16)13-6-4-11-18-15(12)13/h3-8,11,17H,2,9-10H2,1H3/b5-3+. The fourth-order valence-corrected chi connectivity index (χ4v) is 2.06. The molecule has 1 aromatic carbocycles. The normalized spacial score (nSPS) is 11.4. The van der Waals surface area contributed by atoms with Crippen LogP contribution in [0.25, 0.3) is 17.0 Å². The Bertz CT molecular complexity index is 549. The summed E-state index contributed by atoms with van der Waals surface area (Å²) in [6, 6.07) is 7.83. The summed E-state index contributed by atoms with van der Waals surface area (Å²) in [5.74, 6) is 0. The maximum absolute atomic E-state index is 6.16. The summed E-state index contributed by atoms with van der Waals surface area (Å²) in [6.45, 7) is 4.09. The first-order chi connectivity index (χ1) is 8.83. The number of pyridine rings is 1. The second-order valence-electron chi connectivity index (χ2n) is 4.14. The van der Waals surface area contributed by atoms with Crippen LogP contribution in [0.1, 0.15) is 18.9 Å². The van der Waals surface area contributed by atoms with Crippen LogP contribution in [0.2, 0.25) is 5.02 Å². The highest BCUT2D eigenvalue weighted by Crippen LogP contribution is 2.25. The molecule has 94 valence electrons. The van der Waals surface area contributed by atoms with Gasteiger partial charge in [0, 0.05) is 23.7 Å². The summed E-state index contributed by atoms with van der Waals surface area (Å²) in [4.78, 5) is 4.40. The van der Waals surface area contributed by atoms with Crippen LogP contribution >= 0.6 is 11.6 Å². The zero-order valence-electron chi connectivity index (χ0n) is 10.5. The van der Waals surface area contributed by atoms with Gasteiger partial charge >= 0.3 is 0 Å². The second kappa shape index (κ2) is 6.53. The highest BCUT2D eigenvalue weighted by molar-refractivity contribution is 6.35. The number of aromatic nitrogens is 1. The molecule has 2 rings (SSSR count). The molecular formula is C15H17ClN2. The average molecular weight is 261 g/mol. The fraction of sp³-hybridized carbons (Fsp3) is 0.267. The van der Waals surface area contributed by atoms with Crippen molar-refractivity contribution in [1.82, 2.24) is 10.3 Å². The van der Waals surface area contributed by atoms with E-state index < -0.39 is 0 Å². The van der Waals surface area contributed by atoms with Crippen LogP contribution in [-0.2, 0) is 0 Å². The summed E-state index contributed by atoms with van der Waals surface area (Å²) >= 11 is 6.16. The van der Waals surface area contributed by atoms with Crippen molar-refractivity contribution in [3.05, 3.63) is 47.1 Å². The summed E-state index contributed by atoms with van der Waals surface area (Å²) in [5.41, 5.74) is 2.06. The lowest BCUT2D eigenvalue weighted by Gasteiger charge is -2.03. The van der Waals surface area contributed by atoms with E-state index in [1.807, 2.05) is 24.3 Å². The maximum atomic E-state index is 6.16. The van der Waals surface area contributed by atoms with Crippen LogP contribution in [0.15, 0.2) is 36.5 Å². The van der Waals surface area contributed by atoms with E-state index in [-0.39, 0.29) is 0 Å². The van der Waals surface area contributed by atoms with E-state index in [4.69, 9.17) is 11.6 Å². The molecule has 0 radical (unpaired) electrons. The molecule has 0 amide bonds. The Morgan fingerprint density at radius 2 is 2.22 bits per heavy atom. The smallest absolute Gasteiger partial charge is 0.0789 e. The molecule has 1 N–H and O–H groups in total. The maximum Gasteiger partial charge on any atom is 0.0789 e. The molecular weight excluding hydrogens is 244 g/mol. The molecule has 2 aromatic rings. The Balaban J connectivity index is 2.21. The van der Waals surface area contributed by atoms with Crippen molar-refractivity contribution >= 4 is 28.6 Å². The molecule has 18 heavy (non-hydrogen) atoms. The topological polar surface area (TPSA) is 24.9 Å². The second-order valence-corrected chi connectivity index (χ2v) is 4.55. The van der Waals surface area contributed by atoms with Crippen molar-refractivity contribution in [2.24, 2.45) is 0 Å². The number of hydrogen-bond acceptors (Lipinski definition) is 2. The molecule has 3 heteroatoms.